The lowest BCUT2D eigenvalue weighted by molar-refractivity contribution is -0.134. The molecule has 4 amide bonds. The van der Waals surface area contributed by atoms with Crippen LogP contribution in [0.15, 0.2) is 18.2 Å². The van der Waals surface area contributed by atoms with Crippen LogP contribution in [-0.4, -0.2) is 42.3 Å². The van der Waals surface area contributed by atoms with Crippen molar-refractivity contribution in [1.82, 2.24) is 21.3 Å². The topological polar surface area (TPSA) is 116 Å². The van der Waals surface area contributed by atoms with Crippen molar-refractivity contribution in [1.29, 1.82) is 0 Å². The van der Waals surface area contributed by atoms with Gasteiger partial charge in [-0.1, -0.05) is 40.7 Å². The Morgan fingerprint density at radius 2 is 1.55 bits per heavy atom. The van der Waals surface area contributed by atoms with Gasteiger partial charge in [0.1, 0.15) is 23.7 Å². The van der Waals surface area contributed by atoms with E-state index in [9.17, 15) is 28.0 Å². The van der Waals surface area contributed by atoms with Gasteiger partial charge in [0.15, 0.2) is 0 Å². The number of nitrogens with one attached hydrogen (secondary N) is 4. The highest BCUT2D eigenvalue weighted by atomic mass is 19.1. The predicted octanol–water partition coefficient (Wildman–Crippen LogP) is 1.78. The Bertz CT molecular complexity index is 869. The molecule has 0 bridgehead atoms. The van der Waals surface area contributed by atoms with E-state index in [0.29, 0.717) is 12.6 Å². The van der Waals surface area contributed by atoms with Crippen LogP contribution < -0.4 is 21.3 Å². The van der Waals surface area contributed by atoms with Crippen molar-refractivity contribution in [3.63, 3.8) is 0 Å². The molecule has 1 aromatic carbocycles. The van der Waals surface area contributed by atoms with Crippen molar-refractivity contribution < 1.29 is 28.0 Å². The van der Waals surface area contributed by atoms with E-state index < -0.39 is 53.3 Å². The molecule has 10 heteroatoms. The summed E-state index contributed by atoms with van der Waals surface area (Å²) in [4.78, 5) is 49.5. The monoisotopic (exact) mass is 468 g/mol. The van der Waals surface area contributed by atoms with Crippen LogP contribution in [0.5, 0.6) is 0 Å². The third-order valence-electron chi connectivity index (χ3n) is 4.58. The number of carbonyl (C=O) groups excluding carboxylic acids is 4. The molecule has 0 aliphatic carbocycles. The van der Waals surface area contributed by atoms with Crippen molar-refractivity contribution in [2.45, 2.75) is 66.6 Å². The lowest BCUT2D eigenvalue weighted by atomic mass is 9.97. The summed E-state index contributed by atoms with van der Waals surface area (Å²) in [6.07, 6.45) is -0.296. The quantitative estimate of drug-likeness (QED) is 0.419. The molecule has 8 nitrogen and oxygen atoms in total. The second-order valence-electron chi connectivity index (χ2n) is 9.44. The zero-order chi connectivity index (χ0) is 25.3. The van der Waals surface area contributed by atoms with Gasteiger partial charge < -0.3 is 21.3 Å². The smallest absolute Gasteiger partial charge is 0.243 e. The fourth-order valence-electron chi connectivity index (χ4n) is 2.55. The maximum absolute atomic E-state index is 13.7. The Labute approximate surface area is 193 Å². The molecular weight excluding hydrogens is 434 g/mol. The summed E-state index contributed by atoms with van der Waals surface area (Å²) in [6, 6.07) is 0.783. The number of carbonyl (C=O) groups is 4. The van der Waals surface area contributed by atoms with E-state index in [1.54, 1.807) is 13.8 Å². The lowest BCUT2D eigenvalue weighted by Gasteiger charge is -2.23. The molecule has 0 saturated carbocycles. The van der Waals surface area contributed by atoms with E-state index in [2.05, 4.69) is 21.3 Å². The Kier molecular flexibility index (Phi) is 10.4. The van der Waals surface area contributed by atoms with Crippen LogP contribution in [0.3, 0.4) is 0 Å². The molecule has 0 aliphatic heterocycles. The van der Waals surface area contributed by atoms with Gasteiger partial charge in [-0.3, -0.25) is 19.2 Å². The molecule has 0 spiro atoms. The van der Waals surface area contributed by atoms with Crippen molar-refractivity contribution in [3.8, 4) is 0 Å². The van der Waals surface area contributed by atoms with E-state index in [1.165, 1.54) is 13.0 Å². The second kappa shape index (κ2) is 12.3. The maximum atomic E-state index is 13.7. The largest absolute Gasteiger partial charge is 0.355 e. The normalized spacial score (nSPS) is 13.1. The number of benzene rings is 1. The van der Waals surface area contributed by atoms with Gasteiger partial charge in [-0.15, -0.1) is 0 Å². The average Bonchev–Trinajstić information content (AvgIpc) is 2.70. The van der Waals surface area contributed by atoms with E-state index >= 15 is 0 Å². The molecule has 1 rings (SSSR count). The number of rotatable bonds is 10. The predicted molar refractivity (Wildman–Crippen MR) is 120 cm³/mol. The molecule has 0 heterocycles. The lowest BCUT2D eigenvalue weighted by Crippen LogP contribution is -2.54. The van der Waals surface area contributed by atoms with E-state index in [0.717, 1.165) is 6.07 Å². The first-order valence-corrected chi connectivity index (χ1v) is 10.8. The summed E-state index contributed by atoms with van der Waals surface area (Å²) in [6.45, 7) is 10.7. The SMILES string of the molecule is CC(C)C(=O)NC(CC(=O)NCC(C)(C)C)C(=O)N[C@@H](C)C(=O)NCc1ccc(F)cc1F. The molecule has 33 heavy (non-hydrogen) atoms. The first kappa shape index (κ1) is 28.0. The molecule has 0 fully saturated rings. The van der Waals surface area contributed by atoms with Crippen LogP contribution in [-0.2, 0) is 25.7 Å². The zero-order valence-electron chi connectivity index (χ0n) is 20.0. The van der Waals surface area contributed by atoms with Crippen molar-refractivity contribution in [2.24, 2.45) is 11.3 Å². The van der Waals surface area contributed by atoms with Gasteiger partial charge in [0.05, 0.1) is 6.42 Å². The summed E-state index contributed by atoms with van der Waals surface area (Å²) in [5.74, 6) is -4.09. The molecule has 184 valence electrons. The van der Waals surface area contributed by atoms with Crippen molar-refractivity contribution in [3.05, 3.63) is 35.4 Å². The van der Waals surface area contributed by atoms with Crippen LogP contribution >= 0.6 is 0 Å². The van der Waals surface area contributed by atoms with Crippen LogP contribution in [0, 0.1) is 23.0 Å². The van der Waals surface area contributed by atoms with E-state index in [-0.39, 0.29) is 23.9 Å². The summed E-state index contributed by atoms with van der Waals surface area (Å²) in [7, 11) is 0. The van der Waals surface area contributed by atoms with E-state index in [4.69, 9.17) is 0 Å². The summed E-state index contributed by atoms with van der Waals surface area (Å²) in [5, 5.41) is 10.2. The number of hydrogen-bond donors (Lipinski definition) is 4. The maximum Gasteiger partial charge on any atom is 0.243 e. The van der Waals surface area contributed by atoms with Gasteiger partial charge in [0.25, 0.3) is 0 Å². The van der Waals surface area contributed by atoms with Gasteiger partial charge in [0, 0.05) is 30.6 Å². The first-order valence-electron chi connectivity index (χ1n) is 10.8. The Morgan fingerprint density at radius 1 is 0.909 bits per heavy atom. The fourth-order valence-corrected chi connectivity index (χ4v) is 2.55. The Balaban J connectivity index is 2.75. The molecule has 2 atom stereocenters. The molecule has 0 radical (unpaired) electrons. The molecular formula is C23H34F2N4O4. The van der Waals surface area contributed by atoms with Crippen molar-refractivity contribution >= 4 is 23.6 Å². The molecule has 0 aromatic heterocycles. The second-order valence-corrected chi connectivity index (χ2v) is 9.44. The summed E-state index contributed by atoms with van der Waals surface area (Å²) in [5.41, 5.74) is -0.0774. The van der Waals surface area contributed by atoms with Crippen LogP contribution in [0.25, 0.3) is 0 Å². The van der Waals surface area contributed by atoms with Crippen LogP contribution in [0.1, 0.15) is 53.5 Å². The first-order chi connectivity index (χ1) is 15.2. The van der Waals surface area contributed by atoms with Gasteiger partial charge in [-0.2, -0.15) is 0 Å². The molecule has 4 N–H and O–H groups in total. The van der Waals surface area contributed by atoms with Gasteiger partial charge in [0.2, 0.25) is 23.6 Å². The highest BCUT2D eigenvalue weighted by Crippen LogP contribution is 2.11. The molecule has 1 unspecified atom stereocenters. The van der Waals surface area contributed by atoms with Gasteiger partial charge >= 0.3 is 0 Å². The molecule has 0 aliphatic rings. The minimum Gasteiger partial charge on any atom is -0.355 e. The molecule has 0 saturated heterocycles. The van der Waals surface area contributed by atoms with E-state index in [1.807, 2.05) is 20.8 Å². The highest BCUT2D eigenvalue weighted by molar-refractivity contribution is 5.95. The van der Waals surface area contributed by atoms with Crippen molar-refractivity contribution in [2.75, 3.05) is 6.54 Å². The minimum absolute atomic E-state index is 0.0841. The van der Waals surface area contributed by atoms with Gasteiger partial charge in [-0.25, -0.2) is 8.78 Å². The Hall–Kier alpha value is -3.04. The number of halogens is 2. The zero-order valence-corrected chi connectivity index (χ0v) is 20.0. The fraction of sp³-hybridized carbons (Fsp3) is 0.565. The number of amides is 4. The highest BCUT2D eigenvalue weighted by Gasteiger charge is 2.28. The standard InChI is InChI=1S/C23H34F2N4O4/c1-13(2)20(31)29-18(10-19(30)27-12-23(4,5)6)22(33)28-14(3)21(32)26-11-15-7-8-16(24)9-17(15)25/h7-9,13-14,18H,10-12H2,1-6H3,(H,26,32)(H,27,30)(H,28,33)(H,29,31)/t14-,18?/m0/s1. The van der Waals surface area contributed by atoms with Crippen LogP contribution in [0.2, 0.25) is 0 Å². The third-order valence-corrected chi connectivity index (χ3v) is 4.58. The third kappa shape index (κ3) is 10.4. The number of hydrogen-bond acceptors (Lipinski definition) is 4. The minimum atomic E-state index is -1.18. The molecule has 1 aromatic rings. The summed E-state index contributed by atoms with van der Waals surface area (Å²) < 4.78 is 26.7. The average molecular weight is 469 g/mol. The summed E-state index contributed by atoms with van der Waals surface area (Å²) >= 11 is 0. The Morgan fingerprint density at radius 3 is 2.09 bits per heavy atom. The van der Waals surface area contributed by atoms with Crippen LogP contribution in [0.4, 0.5) is 8.78 Å². The van der Waals surface area contributed by atoms with Gasteiger partial charge in [-0.05, 0) is 18.4 Å².